The molecule has 0 spiro atoms. The second kappa shape index (κ2) is 5.36. The Morgan fingerprint density at radius 2 is 2.40 bits per heavy atom. The summed E-state index contributed by atoms with van der Waals surface area (Å²) in [6.45, 7) is 3.36. The molecule has 2 rings (SSSR count). The number of hydrogen-bond acceptors (Lipinski definition) is 2. The minimum Gasteiger partial charge on any atom is -0.472 e. The molecule has 0 aromatic carbocycles. The fraction of sp³-hybridized carbons (Fsp3) is 0.692. The molecule has 1 aliphatic rings. The van der Waals surface area contributed by atoms with Crippen molar-refractivity contribution in [2.24, 2.45) is 5.92 Å². The highest BCUT2D eigenvalue weighted by Gasteiger charge is 2.26. The van der Waals surface area contributed by atoms with Crippen LogP contribution in [0.15, 0.2) is 23.0 Å². The van der Waals surface area contributed by atoms with Gasteiger partial charge in [-0.05, 0) is 49.8 Å². The van der Waals surface area contributed by atoms with Crippen LogP contribution >= 0.6 is 0 Å². The Balaban J connectivity index is 1.86. The van der Waals surface area contributed by atoms with Gasteiger partial charge in [0, 0.05) is 6.04 Å². The van der Waals surface area contributed by atoms with E-state index in [0.717, 1.165) is 18.9 Å². The molecule has 2 nitrogen and oxygen atoms in total. The Kier molecular flexibility index (Phi) is 3.84. The van der Waals surface area contributed by atoms with Crippen molar-refractivity contribution in [3.05, 3.63) is 24.2 Å². The molecule has 0 bridgehead atoms. The van der Waals surface area contributed by atoms with Crippen LogP contribution in [0.2, 0.25) is 0 Å². The first kappa shape index (κ1) is 10.7. The molecule has 1 atom stereocenters. The average molecular weight is 207 g/mol. The largest absolute Gasteiger partial charge is 0.472 e. The van der Waals surface area contributed by atoms with Gasteiger partial charge in [-0.2, -0.15) is 0 Å². The Morgan fingerprint density at radius 1 is 1.53 bits per heavy atom. The van der Waals surface area contributed by atoms with Crippen LogP contribution in [0.3, 0.4) is 0 Å². The maximum atomic E-state index is 5.12. The molecule has 1 aromatic heterocycles. The number of nitrogens with one attached hydrogen (secondary N) is 1. The maximum absolute atomic E-state index is 5.12. The van der Waals surface area contributed by atoms with Gasteiger partial charge >= 0.3 is 0 Å². The average Bonchev–Trinajstić information content (AvgIpc) is 2.64. The van der Waals surface area contributed by atoms with Gasteiger partial charge in [0.15, 0.2) is 0 Å². The summed E-state index contributed by atoms with van der Waals surface area (Å²) in [4.78, 5) is 0. The zero-order chi connectivity index (χ0) is 10.5. The van der Waals surface area contributed by atoms with Crippen LogP contribution in [0.1, 0.15) is 38.2 Å². The lowest BCUT2D eigenvalue weighted by atomic mass is 9.78. The molecule has 84 valence electrons. The predicted molar refractivity (Wildman–Crippen MR) is 61.8 cm³/mol. The predicted octanol–water partition coefficient (Wildman–Crippen LogP) is 2.99. The summed E-state index contributed by atoms with van der Waals surface area (Å²) >= 11 is 0. The maximum Gasteiger partial charge on any atom is 0.0935 e. The Bertz CT molecular complexity index is 264. The summed E-state index contributed by atoms with van der Waals surface area (Å²) in [5.41, 5.74) is 1.33. The third-order valence-corrected chi connectivity index (χ3v) is 3.41. The van der Waals surface area contributed by atoms with E-state index in [1.807, 2.05) is 6.26 Å². The number of hydrogen-bond donors (Lipinski definition) is 1. The van der Waals surface area contributed by atoms with Gasteiger partial charge in [-0.25, -0.2) is 0 Å². The van der Waals surface area contributed by atoms with Gasteiger partial charge in [0.1, 0.15) is 0 Å². The van der Waals surface area contributed by atoms with E-state index in [1.165, 1.54) is 31.2 Å². The quantitative estimate of drug-likeness (QED) is 0.775. The summed E-state index contributed by atoms with van der Waals surface area (Å²) in [6, 6.07) is 2.75. The molecule has 0 aliphatic heterocycles. The summed E-state index contributed by atoms with van der Waals surface area (Å²) in [6.07, 6.45) is 10.2. The molecule has 1 N–H and O–H groups in total. The topological polar surface area (TPSA) is 25.2 Å². The second-order valence-electron chi connectivity index (χ2n) is 4.59. The molecule has 1 heterocycles. The molecule has 1 aromatic rings. The van der Waals surface area contributed by atoms with Crippen molar-refractivity contribution < 1.29 is 4.42 Å². The van der Waals surface area contributed by atoms with Crippen molar-refractivity contribution in [1.82, 2.24) is 5.32 Å². The molecule has 0 amide bonds. The van der Waals surface area contributed by atoms with E-state index in [0.29, 0.717) is 6.04 Å². The van der Waals surface area contributed by atoms with Crippen LogP contribution in [-0.4, -0.2) is 12.6 Å². The molecule has 0 radical (unpaired) electrons. The zero-order valence-corrected chi connectivity index (χ0v) is 9.54. The van der Waals surface area contributed by atoms with E-state index in [1.54, 1.807) is 6.26 Å². The molecule has 2 heteroatoms. The molecule has 1 unspecified atom stereocenters. The third kappa shape index (κ3) is 2.85. The van der Waals surface area contributed by atoms with E-state index < -0.39 is 0 Å². The molecular formula is C13H21NO. The van der Waals surface area contributed by atoms with Gasteiger partial charge in [0.25, 0.3) is 0 Å². The Hall–Kier alpha value is -0.760. The van der Waals surface area contributed by atoms with Crippen molar-refractivity contribution in [1.29, 1.82) is 0 Å². The Morgan fingerprint density at radius 3 is 2.93 bits per heavy atom. The first-order valence-electron chi connectivity index (χ1n) is 6.14. The summed E-state index contributed by atoms with van der Waals surface area (Å²) < 4.78 is 5.12. The second-order valence-corrected chi connectivity index (χ2v) is 4.59. The molecule has 15 heavy (non-hydrogen) atoms. The zero-order valence-electron chi connectivity index (χ0n) is 9.54. The van der Waals surface area contributed by atoms with Crippen LogP contribution in [0.5, 0.6) is 0 Å². The normalized spacial score (nSPS) is 18.7. The standard InChI is InChI=1S/C13H21NO/c1-2-7-14-13(12-4-3-5-12)9-11-6-8-15-10-11/h6,8,10,12-14H,2-5,7,9H2,1H3. The van der Waals surface area contributed by atoms with Crippen molar-refractivity contribution in [3.8, 4) is 0 Å². The minimum absolute atomic E-state index is 0.663. The number of furan rings is 1. The van der Waals surface area contributed by atoms with Crippen LogP contribution in [0, 0.1) is 5.92 Å². The first-order valence-corrected chi connectivity index (χ1v) is 6.14. The fourth-order valence-electron chi connectivity index (χ4n) is 2.24. The molecule has 0 saturated heterocycles. The van der Waals surface area contributed by atoms with Crippen LogP contribution < -0.4 is 5.32 Å². The molecule has 1 fully saturated rings. The van der Waals surface area contributed by atoms with E-state index in [-0.39, 0.29) is 0 Å². The van der Waals surface area contributed by atoms with E-state index >= 15 is 0 Å². The lowest BCUT2D eigenvalue weighted by molar-refractivity contribution is 0.227. The van der Waals surface area contributed by atoms with Crippen molar-refractivity contribution >= 4 is 0 Å². The lowest BCUT2D eigenvalue weighted by Gasteiger charge is -2.34. The monoisotopic (exact) mass is 207 g/mol. The SMILES string of the molecule is CCCNC(Cc1ccoc1)C1CCC1. The van der Waals surface area contributed by atoms with Crippen LogP contribution in [0.25, 0.3) is 0 Å². The highest BCUT2D eigenvalue weighted by molar-refractivity contribution is 5.08. The molecular weight excluding hydrogens is 186 g/mol. The summed E-state index contributed by atoms with van der Waals surface area (Å²) in [5, 5.41) is 3.67. The van der Waals surface area contributed by atoms with Gasteiger partial charge in [-0.3, -0.25) is 0 Å². The summed E-state index contributed by atoms with van der Waals surface area (Å²) in [5.74, 6) is 0.895. The molecule has 1 aliphatic carbocycles. The molecule has 1 saturated carbocycles. The van der Waals surface area contributed by atoms with Crippen molar-refractivity contribution in [2.75, 3.05) is 6.54 Å². The highest BCUT2D eigenvalue weighted by Crippen LogP contribution is 2.31. The smallest absolute Gasteiger partial charge is 0.0935 e. The third-order valence-electron chi connectivity index (χ3n) is 3.41. The lowest BCUT2D eigenvalue weighted by Crippen LogP contribution is -2.41. The van der Waals surface area contributed by atoms with Crippen molar-refractivity contribution in [3.63, 3.8) is 0 Å². The van der Waals surface area contributed by atoms with Gasteiger partial charge in [0.2, 0.25) is 0 Å². The highest BCUT2D eigenvalue weighted by atomic mass is 16.3. The van der Waals surface area contributed by atoms with Gasteiger partial charge in [-0.1, -0.05) is 13.3 Å². The van der Waals surface area contributed by atoms with Gasteiger partial charge in [0.05, 0.1) is 12.5 Å². The van der Waals surface area contributed by atoms with Gasteiger partial charge in [-0.15, -0.1) is 0 Å². The minimum atomic E-state index is 0.663. The van der Waals surface area contributed by atoms with Crippen LogP contribution in [0.4, 0.5) is 0 Å². The van der Waals surface area contributed by atoms with Crippen molar-refractivity contribution in [2.45, 2.75) is 45.1 Å². The Labute approximate surface area is 92.1 Å². The first-order chi connectivity index (χ1) is 7.40. The van der Waals surface area contributed by atoms with E-state index in [9.17, 15) is 0 Å². The van der Waals surface area contributed by atoms with Crippen LogP contribution in [-0.2, 0) is 6.42 Å². The van der Waals surface area contributed by atoms with E-state index in [2.05, 4.69) is 18.3 Å². The number of rotatable bonds is 6. The van der Waals surface area contributed by atoms with Gasteiger partial charge < -0.3 is 9.73 Å². The fourth-order valence-corrected chi connectivity index (χ4v) is 2.24. The summed E-state index contributed by atoms with van der Waals surface area (Å²) in [7, 11) is 0. The van der Waals surface area contributed by atoms with E-state index in [4.69, 9.17) is 4.42 Å².